The van der Waals surface area contributed by atoms with Crippen LogP contribution in [0.2, 0.25) is 0 Å². The standard InChI is InChI=1S/C12H22O3/c1-8(2)10-6-5-9(3)7-11(10)15-12(13)14-4/h8-11H,5-7H2,1-4H3/t9-,10+,11+/m0/s1. The summed E-state index contributed by atoms with van der Waals surface area (Å²) < 4.78 is 9.88. The van der Waals surface area contributed by atoms with Crippen molar-refractivity contribution >= 4 is 6.16 Å². The van der Waals surface area contributed by atoms with Gasteiger partial charge in [0.15, 0.2) is 0 Å². The molecule has 0 heterocycles. The van der Waals surface area contributed by atoms with Gasteiger partial charge in [-0.25, -0.2) is 4.79 Å². The maximum Gasteiger partial charge on any atom is 0.508 e. The second-order valence-electron chi connectivity index (χ2n) is 4.94. The lowest BCUT2D eigenvalue weighted by atomic mass is 9.75. The van der Waals surface area contributed by atoms with E-state index in [-0.39, 0.29) is 6.10 Å². The molecule has 1 aliphatic rings. The minimum Gasteiger partial charge on any atom is -0.438 e. The van der Waals surface area contributed by atoms with E-state index in [0.717, 1.165) is 12.8 Å². The number of hydrogen-bond donors (Lipinski definition) is 0. The summed E-state index contributed by atoms with van der Waals surface area (Å²) in [7, 11) is 1.36. The average Bonchev–Trinajstić information content (AvgIpc) is 2.17. The fourth-order valence-corrected chi connectivity index (χ4v) is 2.42. The molecule has 3 heteroatoms. The molecular formula is C12H22O3. The molecule has 3 atom stereocenters. The number of methoxy groups -OCH3 is 1. The van der Waals surface area contributed by atoms with E-state index in [2.05, 4.69) is 25.5 Å². The summed E-state index contributed by atoms with van der Waals surface area (Å²) in [5, 5.41) is 0. The Bertz CT molecular complexity index is 213. The van der Waals surface area contributed by atoms with E-state index < -0.39 is 6.16 Å². The molecule has 0 N–H and O–H groups in total. The summed E-state index contributed by atoms with van der Waals surface area (Å²) in [6.45, 7) is 6.59. The number of rotatable bonds is 2. The minimum absolute atomic E-state index is 0.0428. The highest BCUT2D eigenvalue weighted by Gasteiger charge is 2.33. The SMILES string of the molecule is COC(=O)O[C@@H]1C[C@@H](C)CC[C@@H]1C(C)C. The summed E-state index contributed by atoms with van der Waals surface area (Å²) >= 11 is 0. The normalized spacial score (nSPS) is 31.4. The van der Waals surface area contributed by atoms with E-state index in [0.29, 0.717) is 17.8 Å². The fraction of sp³-hybridized carbons (Fsp3) is 0.917. The quantitative estimate of drug-likeness (QED) is 0.662. The number of carbonyl (C=O) groups is 1. The minimum atomic E-state index is -0.542. The summed E-state index contributed by atoms with van der Waals surface area (Å²) in [6.07, 6.45) is 2.86. The summed E-state index contributed by atoms with van der Waals surface area (Å²) in [4.78, 5) is 11.1. The van der Waals surface area contributed by atoms with Gasteiger partial charge in [-0.05, 0) is 30.6 Å². The van der Waals surface area contributed by atoms with Crippen molar-refractivity contribution < 1.29 is 14.3 Å². The van der Waals surface area contributed by atoms with Gasteiger partial charge in [0.25, 0.3) is 0 Å². The van der Waals surface area contributed by atoms with E-state index in [9.17, 15) is 4.79 Å². The zero-order valence-corrected chi connectivity index (χ0v) is 10.2. The molecule has 1 rings (SSSR count). The van der Waals surface area contributed by atoms with E-state index in [1.54, 1.807) is 0 Å². The van der Waals surface area contributed by atoms with Crippen LogP contribution in [0.15, 0.2) is 0 Å². The number of ether oxygens (including phenoxy) is 2. The molecule has 0 amide bonds. The molecule has 0 saturated heterocycles. The molecule has 0 aromatic heterocycles. The number of carbonyl (C=O) groups excluding carboxylic acids is 1. The fourth-order valence-electron chi connectivity index (χ4n) is 2.42. The highest BCUT2D eigenvalue weighted by atomic mass is 16.7. The molecule has 0 spiro atoms. The lowest BCUT2D eigenvalue weighted by Gasteiger charge is -2.36. The van der Waals surface area contributed by atoms with Crippen LogP contribution in [0.25, 0.3) is 0 Å². The van der Waals surface area contributed by atoms with Crippen molar-refractivity contribution in [2.24, 2.45) is 17.8 Å². The first kappa shape index (κ1) is 12.3. The second kappa shape index (κ2) is 5.38. The Labute approximate surface area is 92.1 Å². The van der Waals surface area contributed by atoms with E-state index in [1.807, 2.05) is 0 Å². The third kappa shape index (κ3) is 3.40. The molecule has 0 radical (unpaired) electrons. The smallest absolute Gasteiger partial charge is 0.438 e. The predicted octanol–water partition coefficient (Wildman–Crippen LogP) is 3.23. The molecule has 0 bridgehead atoms. The van der Waals surface area contributed by atoms with Crippen LogP contribution in [0.1, 0.15) is 40.0 Å². The first-order valence-corrected chi connectivity index (χ1v) is 5.79. The Hall–Kier alpha value is -0.730. The summed E-state index contributed by atoms with van der Waals surface area (Å²) in [5.74, 6) is 1.70. The van der Waals surface area contributed by atoms with Crippen LogP contribution in [0.5, 0.6) is 0 Å². The Kier molecular flexibility index (Phi) is 4.43. The molecule has 1 fully saturated rings. The largest absolute Gasteiger partial charge is 0.508 e. The Morgan fingerprint density at radius 3 is 2.53 bits per heavy atom. The third-order valence-electron chi connectivity index (χ3n) is 3.38. The van der Waals surface area contributed by atoms with Crippen LogP contribution < -0.4 is 0 Å². The van der Waals surface area contributed by atoms with Gasteiger partial charge in [0.1, 0.15) is 6.10 Å². The highest BCUT2D eigenvalue weighted by molar-refractivity contribution is 5.59. The first-order chi connectivity index (χ1) is 7.04. The van der Waals surface area contributed by atoms with Crippen molar-refractivity contribution in [3.63, 3.8) is 0 Å². The molecule has 1 saturated carbocycles. The van der Waals surface area contributed by atoms with Crippen LogP contribution in [0.3, 0.4) is 0 Å². The molecule has 15 heavy (non-hydrogen) atoms. The van der Waals surface area contributed by atoms with E-state index >= 15 is 0 Å². The van der Waals surface area contributed by atoms with E-state index in [1.165, 1.54) is 13.5 Å². The van der Waals surface area contributed by atoms with Gasteiger partial charge >= 0.3 is 6.16 Å². The van der Waals surface area contributed by atoms with Gasteiger partial charge in [0.05, 0.1) is 7.11 Å². The van der Waals surface area contributed by atoms with Crippen LogP contribution >= 0.6 is 0 Å². The van der Waals surface area contributed by atoms with Crippen LogP contribution in [-0.2, 0) is 9.47 Å². The van der Waals surface area contributed by atoms with Gasteiger partial charge in [0, 0.05) is 0 Å². The van der Waals surface area contributed by atoms with Crippen LogP contribution in [0.4, 0.5) is 4.79 Å². The zero-order chi connectivity index (χ0) is 11.4. The molecule has 0 aromatic rings. The molecule has 3 nitrogen and oxygen atoms in total. The molecule has 0 unspecified atom stereocenters. The monoisotopic (exact) mass is 214 g/mol. The molecular weight excluding hydrogens is 192 g/mol. The number of hydrogen-bond acceptors (Lipinski definition) is 3. The highest BCUT2D eigenvalue weighted by Crippen LogP contribution is 2.35. The molecule has 0 aromatic carbocycles. The Morgan fingerprint density at radius 1 is 1.33 bits per heavy atom. The predicted molar refractivity (Wildman–Crippen MR) is 58.6 cm³/mol. The molecule has 0 aliphatic heterocycles. The topological polar surface area (TPSA) is 35.5 Å². The molecule has 1 aliphatic carbocycles. The van der Waals surface area contributed by atoms with Gasteiger partial charge < -0.3 is 9.47 Å². The third-order valence-corrected chi connectivity index (χ3v) is 3.38. The Balaban J connectivity index is 2.57. The summed E-state index contributed by atoms with van der Waals surface area (Å²) in [6, 6.07) is 0. The van der Waals surface area contributed by atoms with Gasteiger partial charge in [0.2, 0.25) is 0 Å². The maximum atomic E-state index is 11.1. The lowest BCUT2D eigenvalue weighted by molar-refractivity contribution is -0.0248. The second-order valence-corrected chi connectivity index (χ2v) is 4.94. The molecule has 88 valence electrons. The van der Waals surface area contributed by atoms with Crippen molar-refractivity contribution in [2.75, 3.05) is 7.11 Å². The summed E-state index contributed by atoms with van der Waals surface area (Å²) in [5.41, 5.74) is 0. The van der Waals surface area contributed by atoms with Crippen molar-refractivity contribution in [1.82, 2.24) is 0 Å². The van der Waals surface area contributed by atoms with E-state index in [4.69, 9.17) is 4.74 Å². The van der Waals surface area contributed by atoms with Gasteiger partial charge in [-0.2, -0.15) is 0 Å². The average molecular weight is 214 g/mol. The van der Waals surface area contributed by atoms with Gasteiger partial charge in [-0.1, -0.05) is 27.2 Å². The zero-order valence-electron chi connectivity index (χ0n) is 10.2. The van der Waals surface area contributed by atoms with Crippen molar-refractivity contribution in [3.8, 4) is 0 Å². The first-order valence-electron chi connectivity index (χ1n) is 5.79. The van der Waals surface area contributed by atoms with Crippen LogP contribution in [-0.4, -0.2) is 19.4 Å². The van der Waals surface area contributed by atoms with Crippen LogP contribution in [0, 0.1) is 17.8 Å². The van der Waals surface area contributed by atoms with Crippen molar-refractivity contribution in [2.45, 2.75) is 46.1 Å². The Morgan fingerprint density at radius 2 is 2.00 bits per heavy atom. The van der Waals surface area contributed by atoms with Crippen molar-refractivity contribution in [1.29, 1.82) is 0 Å². The lowest BCUT2D eigenvalue weighted by Crippen LogP contribution is -2.35. The van der Waals surface area contributed by atoms with Gasteiger partial charge in [-0.3, -0.25) is 0 Å². The maximum absolute atomic E-state index is 11.1. The van der Waals surface area contributed by atoms with Crippen molar-refractivity contribution in [3.05, 3.63) is 0 Å². The van der Waals surface area contributed by atoms with Gasteiger partial charge in [-0.15, -0.1) is 0 Å².